The van der Waals surface area contributed by atoms with E-state index in [1.165, 1.54) is 0 Å². The van der Waals surface area contributed by atoms with E-state index in [1.807, 2.05) is 60.7 Å². The Morgan fingerprint density at radius 2 is 1.53 bits per heavy atom. The van der Waals surface area contributed by atoms with Crippen LogP contribution in [0.4, 0.5) is 0 Å². The van der Waals surface area contributed by atoms with Gasteiger partial charge in [0.25, 0.3) is 0 Å². The second-order valence-electron chi connectivity index (χ2n) is 4.57. The molecule has 2 atom stereocenters. The van der Waals surface area contributed by atoms with Crippen LogP contribution in [0, 0.1) is 5.92 Å². The van der Waals surface area contributed by atoms with Crippen LogP contribution in [0.1, 0.15) is 17.2 Å². The van der Waals surface area contributed by atoms with Crippen molar-refractivity contribution in [3.8, 4) is 0 Å². The third-order valence-corrected chi connectivity index (χ3v) is 3.23. The zero-order chi connectivity index (χ0) is 13.7. The molecular weight excluding hydrogens is 238 g/mol. The van der Waals surface area contributed by atoms with E-state index in [9.17, 15) is 9.90 Å². The Morgan fingerprint density at radius 3 is 2.05 bits per heavy atom. The minimum atomic E-state index is -0.861. The van der Waals surface area contributed by atoms with Gasteiger partial charge in [-0.25, -0.2) is 0 Å². The van der Waals surface area contributed by atoms with Crippen molar-refractivity contribution in [3.63, 3.8) is 0 Å². The highest BCUT2D eigenvalue weighted by Crippen LogP contribution is 2.23. The normalized spacial score (nSPS) is 13.7. The largest absolute Gasteiger partial charge is 0.481 e. The number of carbonyl (C=O) groups is 1. The van der Waals surface area contributed by atoms with Crippen molar-refractivity contribution in [1.29, 1.82) is 0 Å². The lowest BCUT2D eigenvalue weighted by Crippen LogP contribution is -2.30. The van der Waals surface area contributed by atoms with Gasteiger partial charge in [0.1, 0.15) is 0 Å². The summed E-state index contributed by atoms with van der Waals surface area (Å²) in [4.78, 5) is 11.4. The first-order chi connectivity index (χ1) is 9.18. The van der Waals surface area contributed by atoms with Crippen molar-refractivity contribution in [2.24, 2.45) is 11.7 Å². The Labute approximate surface area is 112 Å². The number of rotatable bonds is 5. The highest BCUT2D eigenvalue weighted by Gasteiger charge is 2.26. The predicted molar refractivity (Wildman–Crippen MR) is 74.6 cm³/mol. The quantitative estimate of drug-likeness (QED) is 0.863. The van der Waals surface area contributed by atoms with E-state index < -0.39 is 17.9 Å². The van der Waals surface area contributed by atoms with Gasteiger partial charge in [0, 0.05) is 6.04 Å². The molecule has 3 nitrogen and oxygen atoms in total. The molecule has 0 amide bonds. The molecule has 0 heterocycles. The predicted octanol–water partition coefficient (Wildman–Crippen LogP) is 2.63. The van der Waals surface area contributed by atoms with E-state index in [0.29, 0.717) is 6.42 Å². The minimum absolute atomic E-state index is 0.437. The first-order valence-electron chi connectivity index (χ1n) is 6.25. The monoisotopic (exact) mass is 255 g/mol. The molecule has 0 saturated carbocycles. The Balaban J connectivity index is 2.19. The number of nitrogens with two attached hydrogens (primary N) is 1. The van der Waals surface area contributed by atoms with Crippen LogP contribution in [0.3, 0.4) is 0 Å². The van der Waals surface area contributed by atoms with Crippen LogP contribution >= 0.6 is 0 Å². The third-order valence-electron chi connectivity index (χ3n) is 3.23. The molecule has 0 unspecified atom stereocenters. The van der Waals surface area contributed by atoms with Crippen LogP contribution in [0.5, 0.6) is 0 Å². The molecular formula is C16H17NO2. The molecule has 2 rings (SSSR count). The number of carboxylic acids is 1. The lowest BCUT2D eigenvalue weighted by molar-refractivity contribution is -0.142. The van der Waals surface area contributed by atoms with Gasteiger partial charge in [0.05, 0.1) is 5.92 Å². The van der Waals surface area contributed by atoms with Crippen molar-refractivity contribution >= 4 is 5.97 Å². The Morgan fingerprint density at radius 1 is 1.00 bits per heavy atom. The first kappa shape index (κ1) is 13.3. The topological polar surface area (TPSA) is 63.3 Å². The SMILES string of the molecule is N[C@@H](c1ccccc1)[C@H](Cc1ccccc1)C(=O)O. The molecule has 0 aliphatic rings. The molecule has 0 bridgehead atoms. The molecule has 3 N–H and O–H groups in total. The average Bonchev–Trinajstić information content (AvgIpc) is 2.46. The molecule has 3 heteroatoms. The molecule has 2 aromatic rings. The molecule has 98 valence electrons. The fourth-order valence-corrected chi connectivity index (χ4v) is 2.14. The summed E-state index contributed by atoms with van der Waals surface area (Å²) in [5.74, 6) is -1.48. The zero-order valence-corrected chi connectivity index (χ0v) is 10.6. The molecule has 0 spiro atoms. The second-order valence-corrected chi connectivity index (χ2v) is 4.57. The van der Waals surface area contributed by atoms with Crippen molar-refractivity contribution in [1.82, 2.24) is 0 Å². The molecule has 19 heavy (non-hydrogen) atoms. The standard InChI is InChI=1S/C16H17NO2/c17-15(13-9-5-2-6-10-13)14(16(18)19)11-12-7-3-1-4-8-12/h1-10,14-15H,11,17H2,(H,18,19)/t14-,15-/m0/s1. The zero-order valence-electron chi connectivity index (χ0n) is 10.6. The Hall–Kier alpha value is -2.13. The summed E-state index contributed by atoms with van der Waals surface area (Å²) in [6.07, 6.45) is 0.437. The van der Waals surface area contributed by atoms with E-state index in [0.717, 1.165) is 11.1 Å². The van der Waals surface area contributed by atoms with Crippen LogP contribution in [-0.4, -0.2) is 11.1 Å². The van der Waals surface area contributed by atoms with Gasteiger partial charge in [-0.1, -0.05) is 60.7 Å². The summed E-state index contributed by atoms with van der Waals surface area (Å²) in [6, 6.07) is 18.4. The third kappa shape index (κ3) is 3.42. The fraction of sp³-hybridized carbons (Fsp3) is 0.188. The number of carboxylic acid groups (broad SMARTS) is 1. The minimum Gasteiger partial charge on any atom is -0.481 e. The van der Waals surface area contributed by atoms with Gasteiger partial charge in [0.2, 0.25) is 0 Å². The van der Waals surface area contributed by atoms with E-state index >= 15 is 0 Å². The van der Waals surface area contributed by atoms with Gasteiger partial charge in [0.15, 0.2) is 0 Å². The van der Waals surface area contributed by atoms with E-state index in [2.05, 4.69) is 0 Å². The van der Waals surface area contributed by atoms with Crippen LogP contribution in [0.25, 0.3) is 0 Å². The lowest BCUT2D eigenvalue weighted by Gasteiger charge is -2.20. The summed E-state index contributed by atoms with van der Waals surface area (Å²) in [5.41, 5.74) is 7.95. The van der Waals surface area contributed by atoms with Crippen LogP contribution in [0.15, 0.2) is 60.7 Å². The van der Waals surface area contributed by atoms with Crippen LogP contribution in [0.2, 0.25) is 0 Å². The smallest absolute Gasteiger partial charge is 0.308 e. The van der Waals surface area contributed by atoms with Gasteiger partial charge in [-0.15, -0.1) is 0 Å². The molecule has 0 aliphatic carbocycles. The number of hydrogen-bond donors (Lipinski definition) is 2. The van der Waals surface area contributed by atoms with Crippen molar-refractivity contribution in [3.05, 3.63) is 71.8 Å². The van der Waals surface area contributed by atoms with Crippen LogP contribution < -0.4 is 5.73 Å². The molecule has 2 aromatic carbocycles. The van der Waals surface area contributed by atoms with Crippen molar-refractivity contribution in [2.75, 3.05) is 0 Å². The van der Waals surface area contributed by atoms with Gasteiger partial charge < -0.3 is 10.8 Å². The number of hydrogen-bond acceptors (Lipinski definition) is 2. The summed E-state index contributed by atoms with van der Waals surface area (Å²) in [6.45, 7) is 0. The van der Waals surface area contributed by atoms with E-state index in [-0.39, 0.29) is 0 Å². The Bertz CT molecular complexity index is 525. The maximum absolute atomic E-state index is 11.4. The van der Waals surface area contributed by atoms with Gasteiger partial charge >= 0.3 is 5.97 Å². The number of aliphatic carboxylic acids is 1. The maximum Gasteiger partial charge on any atom is 0.308 e. The first-order valence-corrected chi connectivity index (χ1v) is 6.25. The van der Waals surface area contributed by atoms with E-state index in [4.69, 9.17) is 5.73 Å². The second kappa shape index (κ2) is 6.16. The molecule has 0 fully saturated rings. The van der Waals surface area contributed by atoms with Crippen molar-refractivity contribution in [2.45, 2.75) is 12.5 Å². The van der Waals surface area contributed by atoms with E-state index in [1.54, 1.807) is 0 Å². The summed E-state index contributed by atoms with van der Waals surface area (Å²) < 4.78 is 0. The van der Waals surface area contributed by atoms with Gasteiger partial charge in [-0.3, -0.25) is 4.79 Å². The Kier molecular flexibility index (Phi) is 4.31. The number of benzene rings is 2. The maximum atomic E-state index is 11.4. The van der Waals surface area contributed by atoms with Gasteiger partial charge in [-0.2, -0.15) is 0 Å². The summed E-state index contributed by atoms with van der Waals surface area (Å²) >= 11 is 0. The highest BCUT2D eigenvalue weighted by atomic mass is 16.4. The molecule has 0 aromatic heterocycles. The fourth-order valence-electron chi connectivity index (χ4n) is 2.14. The lowest BCUT2D eigenvalue weighted by atomic mass is 9.88. The summed E-state index contributed by atoms with van der Waals surface area (Å²) in [5, 5.41) is 9.39. The molecule has 0 aliphatic heterocycles. The van der Waals surface area contributed by atoms with Crippen LogP contribution in [-0.2, 0) is 11.2 Å². The molecule has 0 saturated heterocycles. The highest BCUT2D eigenvalue weighted by molar-refractivity contribution is 5.71. The molecule has 0 radical (unpaired) electrons. The van der Waals surface area contributed by atoms with Crippen molar-refractivity contribution < 1.29 is 9.90 Å². The van der Waals surface area contributed by atoms with Gasteiger partial charge in [-0.05, 0) is 17.5 Å². The summed E-state index contributed by atoms with van der Waals surface area (Å²) in [7, 11) is 0. The average molecular weight is 255 g/mol.